The lowest BCUT2D eigenvalue weighted by atomic mass is 10.0. The predicted octanol–water partition coefficient (Wildman–Crippen LogP) is 3.62. The van der Waals surface area contributed by atoms with Gasteiger partial charge >= 0.3 is 0 Å². The summed E-state index contributed by atoms with van der Waals surface area (Å²) in [6, 6.07) is 6.24. The molecule has 1 unspecified atom stereocenters. The van der Waals surface area contributed by atoms with Crippen LogP contribution in [0, 0.1) is 6.92 Å². The number of aromatic nitrogens is 4. The van der Waals surface area contributed by atoms with Crippen molar-refractivity contribution < 1.29 is 9.26 Å². The molecule has 25 heavy (non-hydrogen) atoms. The van der Waals surface area contributed by atoms with Gasteiger partial charge in [0.2, 0.25) is 5.82 Å². The number of nitrogens with zero attached hydrogens (tertiary/aromatic N) is 4. The third kappa shape index (κ3) is 3.35. The van der Waals surface area contributed by atoms with E-state index in [0.29, 0.717) is 29.0 Å². The predicted molar refractivity (Wildman–Crippen MR) is 95.2 cm³/mol. The van der Waals surface area contributed by atoms with Crippen molar-refractivity contribution in [2.75, 3.05) is 5.73 Å². The number of ether oxygens (including phenoxy) is 1. The Morgan fingerprint density at radius 1 is 1.24 bits per heavy atom. The number of benzene rings is 1. The van der Waals surface area contributed by atoms with E-state index in [1.807, 2.05) is 13.8 Å². The third-order valence-electron chi connectivity index (χ3n) is 4.20. The summed E-state index contributed by atoms with van der Waals surface area (Å²) in [6.45, 7) is 8.20. The molecule has 0 aliphatic heterocycles. The van der Waals surface area contributed by atoms with Crippen LogP contribution in [-0.2, 0) is 7.05 Å². The van der Waals surface area contributed by atoms with E-state index in [0.717, 1.165) is 11.3 Å². The van der Waals surface area contributed by atoms with Crippen molar-refractivity contribution >= 4 is 5.82 Å². The molecule has 0 saturated carbocycles. The maximum absolute atomic E-state index is 6.06. The van der Waals surface area contributed by atoms with E-state index in [1.165, 1.54) is 5.56 Å². The van der Waals surface area contributed by atoms with Crippen LogP contribution in [0.3, 0.4) is 0 Å². The number of hydrogen-bond donors (Lipinski definition) is 1. The van der Waals surface area contributed by atoms with Gasteiger partial charge in [-0.2, -0.15) is 10.1 Å². The first-order chi connectivity index (χ1) is 11.9. The molecule has 0 aliphatic rings. The Labute approximate surface area is 146 Å². The molecule has 1 aromatic carbocycles. The van der Waals surface area contributed by atoms with Gasteiger partial charge in [0.15, 0.2) is 6.10 Å². The van der Waals surface area contributed by atoms with Crippen molar-refractivity contribution in [2.45, 2.75) is 39.7 Å². The monoisotopic (exact) mass is 341 g/mol. The summed E-state index contributed by atoms with van der Waals surface area (Å²) in [5, 5.41) is 8.08. The van der Waals surface area contributed by atoms with Gasteiger partial charge in [0.25, 0.3) is 5.89 Å². The molecule has 0 fully saturated rings. The molecule has 0 saturated heterocycles. The minimum absolute atomic E-state index is 0.375. The van der Waals surface area contributed by atoms with Gasteiger partial charge in [0, 0.05) is 7.05 Å². The van der Waals surface area contributed by atoms with Gasteiger partial charge in [0.1, 0.15) is 11.6 Å². The highest BCUT2D eigenvalue weighted by atomic mass is 16.5. The molecule has 2 aromatic heterocycles. The summed E-state index contributed by atoms with van der Waals surface area (Å²) in [5.41, 5.74) is 8.88. The SMILES string of the molecule is Cc1ccc(C(C)C)cc1OC(C)c1nc(-c2cnn(C)c2N)no1. The molecular weight excluding hydrogens is 318 g/mol. The van der Waals surface area contributed by atoms with Crippen molar-refractivity contribution in [1.82, 2.24) is 19.9 Å². The lowest BCUT2D eigenvalue weighted by molar-refractivity contribution is 0.174. The molecule has 3 rings (SSSR count). The van der Waals surface area contributed by atoms with Gasteiger partial charge in [0.05, 0.1) is 11.8 Å². The number of aryl methyl sites for hydroxylation is 2. The Morgan fingerprint density at radius 3 is 2.64 bits per heavy atom. The first-order valence-electron chi connectivity index (χ1n) is 8.25. The highest BCUT2D eigenvalue weighted by molar-refractivity contribution is 5.67. The minimum Gasteiger partial charge on any atom is -0.481 e. The summed E-state index contributed by atoms with van der Waals surface area (Å²) >= 11 is 0. The standard InChI is InChI=1S/C18H23N5O2/c1-10(2)13-7-6-11(3)15(8-13)24-12(4)18-21-17(22-25-18)14-9-20-23(5)16(14)19/h6-10,12H,19H2,1-5H3. The average Bonchev–Trinajstić information content (AvgIpc) is 3.17. The summed E-state index contributed by atoms with van der Waals surface area (Å²) in [6.07, 6.45) is 1.24. The van der Waals surface area contributed by atoms with Crippen LogP contribution in [0.25, 0.3) is 11.4 Å². The molecule has 2 N–H and O–H groups in total. The first kappa shape index (κ1) is 17.0. The van der Waals surface area contributed by atoms with Crippen LogP contribution in [0.1, 0.15) is 49.8 Å². The topological polar surface area (TPSA) is 92.0 Å². The van der Waals surface area contributed by atoms with E-state index in [-0.39, 0.29) is 6.10 Å². The van der Waals surface area contributed by atoms with Crippen molar-refractivity contribution in [3.63, 3.8) is 0 Å². The molecule has 1 atom stereocenters. The third-order valence-corrected chi connectivity index (χ3v) is 4.20. The summed E-state index contributed by atoms with van der Waals surface area (Å²) in [4.78, 5) is 4.40. The molecule has 0 radical (unpaired) electrons. The Hall–Kier alpha value is -2.83. The van der Waals surface area contributed by atoms with Gasteiger partial charge in [-0.15, -0.1) is 0 Å². The van der Waals surface area contributed by atoms with E-state index in [2.05, 4.69) is 47.3 Å². The molecule has 0 amide bonds. The van der Waals surface area contributed by atoms with Crippen molar-refractivity contribution in [3.05, 3.63) is 41.4 Å². The number of hydrogen-bond acceptors (Lipinski definition) is 6. The van der Waals surface area contributed by atoms with Gasteiger partial charge in [-0.1, -0.05) is 31.1 Å². The number of anilines is 1. The van der Waals surface area contributed by atoms with Crippen molar-refractivity contribution in [1.29, 1.82) is 0 Å². The van der Waals surface area contributed by atoms with Crippen LogP contribution >= 0.6 is 0 Å². The lowest BCUT2D eigenvalue weighted by Crippen LogP contribution is -2.05. The van der Waals surface area contributed by atoms with Gasteiger partial charge in [-0.25, -0.2) is 0 Å². The van der Waals surface area contributed by atoms with E-state index >= 15 is 0 Å². The number of rotatable bonds is 5. The maximum Gasteiger partial charge on any atom is 0.267 e. The zero-order chi connectivity index (χ0) is 18.1. The second-order valence-electron chi connectivity index (χ2n) is 6.46. The van der Waals surface area contributed by atoms with Gasteiger partial charge < -0.3 is 15.0 Å². The van der Waals surface area contributed by atoms with Gasteiger partial charge in [-0.3, -0.25) is 4.68 Å². The smallest absolute Gasteiger partial charge is 0.267 e. The van der Waals surface area contributed by atoms with Crippen LogP contribution in [0.2, 0.25) is 0 Å². The van der Waals surface area contributed by atoms with E-state index in [4.69, 9.17) is 15.0 Å². The summed E-state index contributed by atoms with van der Waals surface area (Å²) in [5.74, 6) is 2.54. The fourth-order valence-corrected chi connectivity index (χ4v) is 2.47. The van der Waals surface area contributed by atoms with Crippen molar-refractivity contribution in [2.24, 2.45) is 7.05 Å². The highest BCUT2D eigenvalue weighted by Crippen LogP contribution is 2.29. The number of nitrogens with two attached hydrogens (primary N) is 1. The number of nitrogen functional groups attached to an aromatic ring is 1. The lowest BCUT2D eigenvalue weighted by Gasteiger charge is -2.15. The largest absolute Gasteiger partial charge is 0.481 e. The van der Waals surface area contributed by atoms with E-state index < -0.39 is 0 Å². The minimum atomic E-state index is -0.375. The van der Waals surface area contributed by atoms with Gasteiger partial charge in [-0.05, 0) is 37.0 Å². The molecule has 2 heterocycles. The van der Waals surface area contributed by atoms with Crippen LogP contribution < -0.4 is 10.5 Å². The highest BCUT2D eigenvalue weighted by Gasteiger charge is 2.20. The summed E-state index contributed by atoms with van der Waals surface area (Å²) in [7, 11) is 1.76. The Morgan fingerprint density at radius 2 is 2.00 bits per heavy atom. The van der Waals surface area contributed by atoms with Crippen LogP contribution in [0.15, 0.2) is 28.9 Å². The molecule has 3 aromatic rings. The molecule has 0 aliphatic carbocycles. The average molecular weight is 341 g/mol. The Bertz CT molecular complexity index is 881. The molecule has 7 nitrogen and oxygen atoms in total. The second kappa shape index (κ2) is 6.58. The molecule has 0 spiro atoms. The van der Waals surface area contributed by atoms with Crippen molar-refractivity contribution in [3.8, 4) is 17.1 Å². The summed E-state index contributed by atoms with van der Waals surface area (Å²) < 4.78 is 13.0. The molecule has 0 bridgehead atoms. The zero-order valence-corrected chi connectivity index (χ0v) is 15.1. The quantitative estimate of drug-likeness (QED) is 0.762. The van der Waals surface area contributed by atoms with E-state index in [1.54, 1.807) is 17.9 Å². The molecule has 132 valence electrons. The second-order valence-corrected chi connectivity index (χ2v) is 6.46. The van der Waals surface area contributed by atoms with Crippen LogP contribution in [0.5, 0.6) is 5.75 Å². The van der Waals surface area contributed by atoms with Crippen LogP contribution in [0.4, 0.5) is 5.82 Å². The zero-order valence-electron chi connectivity index (χ0n) is 15.1. The molecule has 7 heteroatoms. The Balaban J connectivity index is 1.82. The molecular formula is C18H23N5O2. The van der Waals surface area contributed by atoms with Crippen LogP contribution in [-0.4, -0.2) is 19.9 Å². The fourth-order valence-electron chi connectivity index (χ4n) is 2.47. The fraction of sp³-hybridized carbons (Fsp3) is 0.389. The maximum atomic E-state index is 6.06. The van der Waals surface area contributed by atoms with E-state index in [9.17, 15) is 0 Å². The normalized spacial score (nSPS) is 12.6. The Kier molecular flexibility index (Phi) is 4.48. The first-order valence-corrected chi connectivity index (χ1v) is 8.25.